The van der Waals surface area contributed by atoms with Crippen molar-refractivity contribution >= 4 is 5.91 Å². The Balaban J connectivity index is 4.14. The molecule has 102 valence electrons. The van der Waals surface area contributed by atoms with Gasteiger partial charge in [0.25, 0.3) is 0 Å². The lowest BCUT2D eigenvalue weighted by Crippen LogP contribution is -2.46. The number of aliphatic hydroxyl groups is 1. The zero-order valence-corrected chi connectivity index (χ0v) is 11.9. The predicted octanol–water partition coefficient (Wildman–Crippen LogP) is 1.24. The summed E-state index contributed by atoms with van der Waals surface area (Å²) in [5, 5.41) is 12.6. The van der Waals surface area contributed by atoms with Gasteiger partial charge in [0.15, 0.2) is 0 Å². The fraction of sp³-hybridized carbons (Fsp3) is 0.923. The molecule has 4 nitrogen and oxygen atoms in total. The molecule has 0 bridgehead atoms. The Kier molecular flexibility index (Phi) is 8.17. The van der Waals surface area contributed by atoms with Crippen molar-refractivity contribution in [2.24, 2.45) is 5.92 Å². The van der Waals surface area contributed by atoms with Crippen LogP contribution >= 0.6 is 0 Å². The second-order valence-electron chi connectivity index (χ2n) is 4.97. The van der Waals surface area contributed by atoms with E-state index in [0.29, 0.717) is 6.54 Å². The van der Waals surface area contributed by atoms with E-state index in [2.05, 4.69) is 12.2 Å². The monoisotopic (exact) mass is 244 g/mol. The number of hydrogen-bond donors (Lipinski definition) is 2. The van der Waals surface area contributed by atoms with Crippen LogP contribution in [0.25, 0.3) is 0 Å². The van der Waals surface area contributed by atoms with E-state index in [4.69, 9.17) is 0 Å². The molecule has 0 fully saturated rings. The van der Waals surface area contributed by atoms with Gasteiger partial charge in [-0.05, 0) is 26.4 Å². The van der Waals surface area contributed by atoms with E-state index in [1.807, 2.05) is 32.8 Å². The van der Waals surface area contributed by atoms with Crippen molar-refractivity contribution < 1.29 is 9.90 Å². The zero-order chi connectivity index (χ0) is 13.4. The first-order valence-corrected chi connectivity index (χ1v) is 6.56. The summed E-state index contributed by atoms with van der Waals surface area (Å²) in [7, 11) is 3.82. The molecule has 0 aliphatic rings. The normalized spacial score (nSPS) is 16.6. The number of hydrogen-bond acceptors (Lipinski definition) is 3. The number of nitrogens with one attached hydrogen (secondary N) is 1. The number of likely N-dealkylation sites (N-methyl/N-ethyl adjacent to an activating group) is 1. The summed E-state index contributed by atoms with van der Waals surface area (Å²) in [5.74, 6) is 0.235. The Labute approximate surface area is 105 Å². The fourth-order valence-corrected chi connectivity index (χ4v) is 1.69. The molecule has 0 heterocycles. The molecular weight excluding hydrogens is 216 g/mol. The standard InChI is InChI=1S/C13H28N2O2/c1-6-8-11(15(4)5)13(17)14-9-12(16)10(3)7-2/h10-12,16H,6-9H2,1-5H3,(H,14,17). The number of carbonyl (C=O) groups excluding carboxylic acids is 1. The first kappa shape index (κ1) is 16.4. The summed E-state index contributed by atoms with van der Waals surface area (Å²) in [6.07, 6.45) is 2.29. The van der Waals surface area contributed by atoms with Crippen LogP contribution in [0, 0.1) is 5.92 Å². The maximum absolute atomic E-state index is 11.9. The second-order valence-corrected chi connectivity index (χ2v) is 4.97. The van der Waals surface area contributed by atoms with Gasteiger partial charge in [0.2, 0.25) is 5.91 Å². The lowest BCUT2D eigenvalue weighted by Gasteiger charge is -2.24. The molecule has 0 spiro atoms. The zero-order valence-electron chi connectivity index (χ0n) is 11.9. The lowest BCUT2D eigenvalue weighted by molar-refractivity contribution is -0.126. The van der Waals surface area contributed by atoms with Crippen LogP contribution in [0.4, 0.5) is 0 Å². The van der Waals surface area contributed by atoms with Gasteiger partial charge >= 0.3 is 0 Å². The Morgan fingerprint density at radius 3 is 2.35 bits per heavy atom. The molecule has 0 saturated carbocycles. The third-order valence-electron chi connectivity index (χ3n) is 3.27. The molecule has 3 unspecified atom stereocenters. The van der Waals surface area contributed by atoms with E-state index in [-0.39, 0.29) is 17.9 Å². The summed E-state index contributed by atoms with van der Waals surface area (Å²) in [6, 6.07) is -0.0934. The molecular formula is C13H28N2O2. The van der Waals surface area contributed by atoms with Gasteiger partial charge in [-0.3, -0.25) is 9.69 Å². The Hall–Kier alpha value is -0.610. The molecule has 4 heteroatoms. The van der Waals surface area contributed by atoms with Crippen molar-refractivity contribution in [3.05, 3.63) is 0 Å². The highest BCUT2D eigenvalue weighted by molar-refractivity contribution is 5.81. The van der Waals surface area contributed by atoms with Gasteiger partial charge in [0.1, 0.15) is 0 Å². The Bertz CT molecular complexity index is 219. The minimum atomic E-state index is -0.451. The van der Waals surface area contributed by atoms with E-state index in [9.17, 15) is 9.90 Å². The van der Waals surface area contributed by atoms with Gasteiger partial charge in [-0.2, -0.15) is 0 Å². The largest absolute Gasteiger partial charge is 0.391 e. The second kappa shape index (κ2) is 8.48. The number of aliphatic hydroxyl groups excluding tert-OH is 1. The first-order chi connectivity index (χ1) is 7.93. The topological polar surface area (TPSA) is 52.6 Å². The van der Waals surface area contributed by atoms with Crippen LogP contribution < -0.4 is 5.32 Å². The van der Waals surface area contributed by atoms with Gasteiger partial charge in [-0.25, -0.2) is 0 Å². The molecule has 3 atom stereocenters. The minimum Gasteiger partial charge on any atom is -0.391 e. The van der Waals surface area contributed by atoms with Gasteiger partial charge in [0, 0.05) is 6.54 Å². The van der Waals surface area contributed by atoms with Crippen LogP contribution in [-0.4, -0.2) is 48.7 Å². The minimum absolute atomic E-state index is 0.0132. The van der Waals surface area contributed by atoms with Crippen LogP contribution in [0.5, 0.6) is 0 Å². The number of amides is 1. The van der Waals surface area contributed by atoms with Gasteiger partial charge < -0.3 is 10.4 Å². The molecule has 0 aliphatic carbocycles. The summed E-state index contributed by atoms with van der Waals surface area (Å²) >= 11 is 0. The van der Waals surface area contributed by atoms with Crippen molar-refractivity contribution in [2.75, 3.05) is 20.6 Å². The van der Waals surface area contributed by atoms with Gasteiger partial charge in [0.05, 0.1) is 12.1 Å². The molecule has 1 amide bonds. The van der Waals surface area contributed by atoms with Crippen molar-refractivity contribution in [1.29, 1.82) is 0 Å². The van der Waals surface area contributed by atoms with E-state index in [0.717, 1.165) is 19.3 Å². The Morgan fingerprint density at radius 1 is 1.35 bits per heavy atom. The van der Waals surface area contributed by atoms with Crippen LogP contribution in [-0.2, 0) is 4.79 Å². The average Bonchev–Trinajstić information content (AvgIpc) is 2.30. The highest BCUT2D eigenvalue weighted by atomic mass is 16.3. The molecule has 0 radical (unpaired) electrons. The highest BCUT2D eigenvalue weighted by Gasteiger charge is 2.21. The van der Waals surface area contributed by atoms with Crippen molar-refractivity contribution in [2.45, 2.75) is 52.2 Å². The van der Waals surface area contributed by atoms with E-state index >= 15 is 0 Å². The average molecular weight is 244 g/mol. The molecule has 17 heavy (non-hydrogen) atoms. The number of carbonyl (C=O) groups is 1. The first-order valence-electron chi connectivity index (χ1n) is 6.56. The maximum atomic E-state index is 11.9. The molecule has 2 N–H and O–H groups in total. The van der Waals surface area contributed by atoms with E-state index < -0.39 is 6.10 Å². The number of nitrogens with zero attached hydrogens (tertiary/aromatic N) is 1. The molecule has 0 saturated heterocycles. The maximum Gasteiger partial charge on any atom is 0.237 e. The van der Waals surface area contributed by atoms with Crippen molar-refractivity contribution in [3.63, 3.8) is 0 Å². The fourth-order valence-electron chi connectivity index (χ4n) is 1.69. The van der Waals surface area contributed by atoms with Crippen LogP contribution in [0.15, 0.2) is 0 Å². The highest BCUT2D eigenvalue weighted by Crippen LogP contribution is 2.07. The number of rotatable bonds is 8. The quantitative estimate of drug-likeness (QED) is 0.675. The molecule has 0 aromatic carbocycles. The van der Waals surface area contributed by atoms with Crippen LogP contribution in [0.1, 0.15) is 40.0 Å². The summed E-state index contributed by atoms with van der Waals surface area (Å²) < 4.78 is 0. The third-order valence-corrected chi connectivity index (χ3v) is 3.27. The molecule has 0 aromatic rings. The van der Waals surface area contributed by atoms with Crippen LogP contribution in [0.3, 0.4) is 0 Å². The lowest BCUT2D eigenvalue weighted by atomic mass is 10.0. The third kappa shape index (κ3) is 6.03. The predicted molar refractivity (Wildman–Crippen MR) is 70.9 cm³/mol. The van der Waals surface area contributed by atoms with Gasteiger partial charge in [-0.15, -0.1) is 0 Å². The SMILES string of the molecule is CCCC(C(=O)NCC(O)C(C)CC)N(C)C. The Morgan fingerprint density at radius 2 is 1.94 bits per heavy atom. The van der Waals surface area contributed by atoms with E-state index in [1.54, 1.807) is 0 Å². The van der Waals surface area contributed by atoms with E-state index in [1.165, 1.54) is 0 Å². The van der Waals surface area contributed by atoms with Crippen molar-refractivity contribution in [3.8, 4) is 0 Å². The summed E-state index contributed by atoms with van der Waals surface area (Å²) in [6.45, 7) is 6.45. The smallest absolute Gasteiger partial charge is 0.237 e. The molecule has 0 aliphatic heterocycles. The van der Waals surface area contributed by atoms with Crippen molar-refractivity contribution in [1.82, 2.24) is 10.2 Å². The summed E-state index contributed by atoms with van der Waals surface area (Å²) in [5.41, 5.74) is 0. The summed E-state index contributed by atoms with van der Waals surface area (Å²) in [4.78, 5) is 13.9. The molecule has 0 rings (SSSR count). The van der Waals surface area contributed by atoms with Crippen LogP contribution in [0.2, 0.25) is 0 Å². The van der Waals surface area contributed by atoms with Gasteiger partial charge in [-0.1, -0.05) is 33.6 Å². The molecule has 0 aromatic heterocycles.